The van der Waals surface area contributed by atoms with E-state index < -0.39 is 0 Å². The summed E-state index contributed by atoms with van der Waals surface area (Å²) in [6, 6.07) is 0.807. The van der Waals surface area contributed by atoms with Gasteiger partial charge in [0.2, 0.25) is 0 Å². The highest BCUT2D eigenvalue weighted by Crippen LogP contribution is 2.17. The molecule has 0 saturated carbocycles. The van der Waals surface area contributed by atoms with E-state index in [0.717, 1.165) is 12.0 Å². The fourth-order valence-electron chi connectivity index (χ4n) is 3.16. The van der Waals surface area contributed by atoms with Gasteiger partial charge in [-0.25, -0.2) is 0 Å². The summed E-state index contributed by atoms with van der Waals surface area (Å²) in [4.78, 5) is 5.07. The van der Waals surface area contributed by atoms with Crippen LogP contribution in [0.3, 0.4) is 0 Å². The first-order chi connectivity index (χ1) is 7.75. The number of piperidine rings is 1. The Hall–Kier alpha value is 0.170. The van der Waals surface area contributed by atoms with E-state index in [-0.39, 0.29) is 12.4 Å². The average Bonchev–Trinajstić information content (AvgIpc) is 2.66. The van der Waals surface area contributed by atoms with Crippen molar-refractivity contribution in [3.63, 3.8) is 0 Å². The van der Waals surface area contributed by atoms with Gasteiger partial charge in [-0.2, -0.15) is 0 Å². The maximum Gasteiger partial charge on any atom is 0.0220 e. The molecule has 17 heavy (non-hydrogen) atoms. The highest BCUT2D eigenvalue weighted by atomic mass is 35.5. The minimum Gasteiger partial charge on any atom is -0.316 e. The van der Waals surface area contributed by atoms with Crippen molar-refractivity contribution in [2.45, 2.75) is 31.7 Å². The van der Waals surface area contributed by atoms with Gasteiger partial charge >= 0.3 is 0 Å². The molecule has 1 N–H and O–H groups in total. The minimum atomic E-state index is 0. The molecule has 4 heteroatoms. The van der Waals surface area contributed by atoms with E-state index >= 15 is 0 Å². The predicted molar refractivity (Wildman–Crippen MR) is 76.0 cm³/mol. The van der Waals surface area contributed by atoms with Crippen LogP contribution in [0.4, 0.5) is 0 Å². The number of hydrogen-bond donors (Lipinski definition) is 1. The third kappa shape index (κ3) is 4.74. The number of likely N-dealkylation sites (N-methyl/N-ethyl adjacent to an activating group) is 2. The van der Waals surface area contributed by atoms with Crippen LogP contribution >= 0.6 is 12.4 Å². The van der Waals surface area contributed by atoms with Crippen LogP contribution in [-0.4, -0.2) is 62.7 Å². The Morgan fingerprint density at radius 3 is 2.65 bits per heavy atom. The van der Waals surface area contributed by atoms with Crippen LogP contribution in [0.25, 0.3) is 0 Å². The van der Waals surface area contributed by atoms with E-state index in [9.17, 15) is 0 Å². The summed E-state index contributed by atoms with van der Waals surface area (Å²) in [5.41, 5.74) is 0. The molecule has 2 heterocycles. The first-order valence-corrected chi connectivity index (χ1v) is 6.85. The highest BCUT2D eigenvalue weighted by molar-refractivity contribution is 5.85. The summed E-state index contributed by atoms with van der Waals surface area (Å²) < 4.78 is 0. The standard InChI is InChI=1S/C13H27N3.ClH/c1-15(10-12-5-3-7-14-9-12)11-13-6-4-8-16(13)2;/h12-14H,3-11H2,1-2H3;1H. The first-order valence-electron chi connectivity index (χ1n) is 6.85. The fourth-order valence-corrected chi connectivity index (χ4v) is 3.16. The molecular weight excluding hydrogens is 234 g/mol. The normalized spacial score (nSPS) is 30.5. The van der Waals surface area contributed by atoms with Gasteiger partial charge in [-0.1, -0.05) is 0 Å². The largest absolute Gasteiger partial charge is 0.316 e. The molecule has 0 aromatic carbocycles. The van der Waals surface area contributed by atoms with Crippen LogP contribution in [-0.2, 0) is 0 Å². The van der Waals surface area contributed by atoms with Crippen LogP contribution in [0.15, 0.2) is 0 Å². The molecule has 0 aliphatic carbocycles. The van der Waals surface area contributed by atoms with Gasteiger partial charge in [0.15, 0.2) is 0 Å². The number of halogens is 1. The number of likely N-dealkylation sites (tertiary alicyclic amines) is 1. The molecule has 0 aromatic heterocycles. The van der Waals surface area contributed by atoms with Crippen LogP contribution in [0.5, 0.6) is 0 Å². The molecule has 0 bridgehead atoms. The zero-order chi connectivity index (χ0) is 11.4. The molecule has 0 aromatic rings. The summed E-state index contributed by atoms with van der Waals surface area (Å²) >= 11 is 0. The van der Waals surface area contributed by atoms with E-state index in [1.165, 1.54) is 58.4 Å². The minimum absolute atomic E-state index is 0. The third-order valence-corrected chi connectivity index (χ3v) is 4.16. The zero-order valence-electron chi connectivity index (χ0n) is 11.3. The summed E-state index contributed by atoms with van der Waals surface area (Å²) in [6.45, 7) is 6.28. The second kappa shape index (κ2) is 7.57. The first kappa shape index (κ1) is 15.2. The molecule has 2 fully saturated rings. The molecule has 2 aliphatic rings. The Morgan fingerprint density at radius 2 is 2.06 bits per heavy atom. The second-order valence-electron chi connectivity index (χ2n) is 5.71. The number of nitrogens with one attached hydrogen (secondary N) is 1. The van der Waals surface area contributed by atoms with E-state index in [1.54, 1.807) is 0 Å². The van der Waals surface area contributed by atoms with Crippen LogP contribution in [0.2, 0.25) is 0 Å². The average molecular weight is 262 g/mol. The molecule has 2 saturated heterocycles. The van der Waals surface area contributed by atoms with Gasteiger partial charge in [0, 0.05) is 19.1 Å². The van der Waals surface area contributed by atoms with E-state index in [2.05, 4.69) is 29.2 Å². The van der Waals surface area contributed by atoms with Crippen molar-refractivity contribution in [2.75, 3.05) is 46.8 Å². The van der Waals surface area contributed by atoms with Crippen molar-refractivity contribution >= 4 is 12.4 Å². The monoisotopic (exact) mass is 261 g/mol. The molecule has 2 rings (SSSR count). The molecule has 2 atom stereocenters. The summed E-state index contributed by atoms with van der Waals surface area (Å²) in [7, 11) is 4.56. The van der Waals surface area contributed by atoms with Crippen molar-refractivity contribution in [1.82, 2.24) is 15.1 Å². The van der Waals surface area contributed by atoms with Gasteiger partial charge in [-0.15, -0.1) is 12.4 Å². The molecule has 0 radical (unpaired) electrons. The number of hydrogen-bond acceptors (Lipinski definition) is 3. The Balaban J connectivity index is 0.00000144. The van der Waals surface area contributed by atoms with E-state index in [4.69, 9.17) is 0 Å². The smallest absolute Gasteiger partial charge is 0.0220 e. The van der Waals surface area contributed by atoms with Gasteiger partial charge in [0.1, 0.15) is 0 Å². The fraction of sp³-hybridized carbons (Fsp3) is 1.00. The number of nitrogens with zero attached hydrogens (tertiary/aromatic N) is 2. The van der Waals surface area contributed by atoms with Crippen molar-refractivity contribution in [3.05, 3.63) is 0 Å². The summed E-state index contributed by atoms with van der Waals surface area (Å²) in [6.07, 6.45) is 5.56. The Bertz CT molecular complexity index is 207. The Kier molecular flexibility index (Phi) is 6.78. The molecule has 0 amide bonds. The third-order valence-electron chi connectivity index (χ3n) is 4.16. The quantitative estimate of drug-likeness (QED) is 0.826. The van der Waals surface area contributed by atoms with Crippen LogP contribution in [0.1, 0.15) is 25.7 Å². The lowest BCUT2D eigenvalue weighted by atomic mass is 9.99. The second-order valence-corrected chi connectivity index (χ2v) is 5.71. The highest BCUT2D eigenvalue weighted by Gasteiger charge is 2.23. The molecule has 3 nitrogen and oxygen atoms in total. The van der Waals surface area contributed by atoms with Gasteiger partial charge in [0.25, 0.3) is 0 Å². The van der Waals surface area contributed by atoms with Crippen LogP contribution < -0.4 is 5.32 Å². The van der Waals surface area contributed by atoms with E-state index in [0.29, 0.717) is 0 Å². The Morgan fingerprint density at radius 1 is 1.24 bits per heavy atom. The van der Waals surface area contributed by atoms with Gasteiger partial charge in [0.05, 0.1) is 0 Å². The van der Waals surface area contributed by atoms with Gasteiger partial charge in [-0.05, 0) is 65.3 Å². The lowest BCUT2D eigenvalue weighted by Gasteiger charge is -2.30. The van der Waals surface area contributed by atoms with Gasteiger partial charge in [-0.3, -0.25) is 0 Å². The maximum atomic E-state index is 3.51. The summed E-state index contributed by atoms with van der Waals surface area (Å²) in [5.74, 6) is 0.880. The topological polar surface area (TPSA) is 18.5 Å². The maximum absolute atomic E-state index is 3.51. The van der Waals surface area contributed by atoms with Crippen molar-refractivity contribution in [2.24, 2.45) is 5.92 Å². The van der Waals surface area contributed by atoms with Gasteiger partial charge < -0.3 is 15.1 Å². The molecule has 0 spiro atoms. The van der Waals surface area contributed by atoms with Crippen molar-refractivity contribution in [3.8, 4) is 0 Å². The predicted octanol–water partition coefficient (Wildman–Crippen LogP) is 1.43. The van der Waals surface area contributed by atoms with Crippen LogP contribution in [0, 0.1) is 5.92 Å². The molecule has 2 unspecified atom stereocenters. The number of rotatable bonds is 4. The Labute approximate surface area is 112 Å². The summed E-state index contributed by atoms with van der Waals surface area (Å²) in [5, 5.41) is 3.51. The van der Waals surface area contributed by atoms with Crippen molar-refractivity contribution < 1.29 is 0 Å². The lowest BCUT2D eigenvalue weighted by molar-refractivity contribution is 0.187. The molecule has 102 valence electrons. The van der Waals surface area contributed by atoms with E-state index in [1.807, 2.05) is 0 Å². The molecule has 2 aliphatic heterocycles. The lowest BCUT2D eigenvalue weighted by Crippen LogP contribution is -2.41. The molecular formula is C13H28ClN3. The zero-order valence-corrected chi connectivity index (χ0v) is 12.1. The SMILES string of the molecule is CN(CC1CCCNC1)CC1CCCN1C.Cl. The van der Waals surface area contributed by atoms with Crippen molar-refractivity contribution in [1.29, 1.82) is 0 Å².